The molecule has 2 aromatic rings. The van der Waals surface area contributed by atoms with Gasteiger partial charge in [-0.25, -0.2) is 13.1 Å². The second-order valence-corrected chi connectivity index (χ2v) is 7.22. The molecule has 0 aliphatic carbocycles. The van der Waals surface area contributed by atoms with Crippen LogP contribution in [0.1, 0.15) is 29.3 Å². The molecule has 2 rings (SSSR count). The first-order chi connectivity index (χ1) is 10.5. The fourth-order valence-electron chi connectivity index (χ4n) is 1.76. The highest BCUT2D eigenvalue weighted by atomic mass is 32.2. The van der Waals surface area contributed by atoms with Gasteiger partial charge in [-0.05, 0) is 59.2 Å². The van der Waals surface area contributed by atoms with Crippen molar-refractivity contribution in [3.05, 3.63) is 58.3 Å². The summed E-state index contributed by atoms with van der Waals surface area (Å²) in [5.41, 5.74) is 1.43. The molecule has 0 spiro atoms. The van der Waals surface area contributed by atoms with Crippen molar-refractivity contribution in [2.45, 2.75) is 18.2 Å². The fourth-order valence-corrected chi connectivity index (χ4v) is 3.52. The Morgan fingerprint density at radius 2 is 1.95 bits per heavy atom. The first-order valence-corrected chi connectivity index (χ1v) is 9.30. The van der Waals surface area contributed by atoms with E-state index in [1.807, 2.05) is 23.8 Å². The van der Waals surface area contributed by atoms with Gasteiger partial charge in [0.25, 0.3) is 0 Å². The van der Waals surface area contributed by atoms with Crippen LogP contribution in [0.5, 0.6) is 0 Å². The van der Waals surface area contributed by atoms with Gasteiger partial charge in [0.15, 0.2) is 5.78 Å². The summed E-state index contributed by atoms with van der Waals surface area (Å²) < 4.78 is 26.4. The summed E-state index contributed by atoms with van der Waals surface area (Å²) in [4.78, 5) is 12.2. The quantitative estimate of drug-likeness (QED) is 0.623. The number of ketones is 1. The van der Waals surface area contributed by atoms with E-state index in [4.69, 9.17) is 0 Å². The van der Waals surface area contributed by atoms with E-state index in [0.717, 1.165) is 12.0 Å². The lowest BCUT2D eigenvalue weighted by Crippen LogP contribution is -2.24. The lowest BCUT2D eigenvalue weighted by Gasteiger charge is -2.05. The molecule has 6 heteroatoms. The molecule has 22 heavy (non-hydrogen) atoms. The van der Waals surface area contributed by atoms with Crippen LogP contribution in [0, 0.1) is 0 Å². The fraction of sp³-hybridized carbons (Fsp3) is 0.188. The zero-order valence-corrected chi connectivity index (χ0v) is 13.8. The molecule has 1 N–H and O–H groups in total. The van der Waals surface area contributed by atoms with Crippen LogP contribution < -0.4 is 4.72 Å². The molecule has 4 nitrogen and oxygen atoms in total. The van der Waals surface area contributed by atoms with E-state index in [9.17, 15) is 13.2 Å². The summed E-state index contributed by atoms with van der Waals surface area (Å²) in [6, 6.07) is 7.87. The van der Waals surface area contributed by atoms with Crippen molar-refractivity contribution >= 4 is 33.2 Å². The topological polar surface area (TPSA) is 63.2 Å². The van der Waals surface area contributed by atoms with Gasteiger partial charge in [-0.1, -0.05) is 13.0 Å². The van der Waals surface area contributed by atoms with Crippen LogP contribution in [0.3, 0.4) is 0 Å². The summed E-state index contributed by atoms with van der Waals surface area (Å²) in [5, 5.41) is 3.88. The van der Waals surface area contributed by atoms with E-state index in [0.29, 0.717) is 12.1 Å². The second-order valence-electron chi connectivity index (χ2n) is 4.68. The minimum Gasteiger partial charge on any atom is -0.289 e. The Hall–Kier alpha value is -1.76. The number of carbonyl (C=O) groups excluding carboxylic acids is 1. The van der Waals surface area contributed by atoms with Gasteiger partial charge in [0, 0.05) is 12.1 Å². The molecule has 0 aliphatic heterocycles. The number of benzene rings is 1. The lowest BCUT2D eigenvalue weighted by molar-refractivity contribution is 0.104. The Morgan fingerprint density at radius 1 is 1.23 bits per heavy atom. The zero-order chi connectivity index (χ0) is 16.0. The van der Waals surface area contributed by atoms with Gasteiger partial charge < -0.3 is 0 Å². The lowest BCUT2D eigenvalue weighted by atomic mass is 10.1. The number of nitrogens with one attached hydrogen (secondary N) is 1. The van der Waals surface area contributed by atoms with E-state index >= 15 is 0 Å². The number of allylic oxidation sites excluding steroid dienone is 1. The van der Waals surface area contributed by atoms with Crippen molar-refractivity contribution in [3.8, 4) is 0 Å². The molecule has 0 aliphatic rings. The molecule has 0 unspecified atom stereocenters. The smallest absolute Gasteiger partial charge is 0.240 e. The Morgan fingerprint density at radius 3 is 2.55 bits per heavy atom. The van der Waals surface area contributed by atoms with E-state index in [-0.39, 0.29) is 10.7 Å². The average Bonchev–Trinajstić information content (AvgIpc) is 3.04. The van der Waals surface area contributed by atoms with Crippen LogP contribution in [-0.4, -0.2) is 20.7 Å². The van der Waals surface area contributed by atoms with Crippen LogP contribution in [0.2, 0.25) is 0 Å². The maximum atomic E-state index is 12.0. The van der Waals surface area contributed by atoms with E-state index in [2.05, 4.69) is 4.72 Å². The second kappa shape index (κ2) is 7.49. The largest absolute Gasteiger partial charge is 0.289 e. The Bertz CT molecular complexity index is 745. The predicted octanol–water partition coefficient (Wildman–Crippen LogP) is 3.33. The molecule has 1 heterocycles. The third kappa shape index (κ3) is 4.37. The number of rotatable bonds is 7. The van der Waals surface area contributed by atoms with Gasteiger partial charge in [-0.15, -0.1) is 0 Å². The van der Waals surface area contributed by atoms with E-state index in [1.165, 1.54) is 30.3 Å². The molecular formula is C16H17NO3S2. The summed E-state index contributed by atoms with van der Waals surface area (Å²) in [7, 11) is -3.49. The highest BCUT2D eigenvalue weighted by Gasteiger charge is 2.13. The van der Waals surface area contributed by atoms with Gasteiger partial charge in [-0.3, -0.25) is 4.79 Å². The van der Waals surface area contributed by atoms with Crippen molar-refractivity contribution < 1.29 is 13.2 Å². The molecule has 0 bridgehead atoms. The molecular weight excluding hydrogens is 318 g/mol. The van der Waals surface area contributed by atoms with E-state index < -0.39 is 10.0 Å². The molecule has 0 amide bonds. The van der Waals surface area contributed by atoms with Crippen LogP contribution in [0.25, 0.3) is 6.08 Å². The number of hydrogen-bond donors (Lipinski definition) is 1. The SMILES string of the molecule is CCCNS(=O)(=O)c1ccc(C(=O)C=Cc2ccsc2)cc1. The minimum atomic E-state index is -3.49. The van der Waals surface area contributed by atoms with Gasteiger partial charge >= 0.3 is 0 Å². The van der Waals surface area contributed by atoms with Gasteiger partial charge in [0.1, 0.15) is 0 Å². The van der Waals surface area contributed by atoms with Crippen molar-refractivity contribution in [1.29, 1.82) is 0 Å². The number of sulfonamides is 1. The van der Waals surface area contributed by atoms with Gasteiger partial charge in [0.05, 0.1) is 4.90 Å². The molecule has 0 saturated carbocycles. The highest BCUT2D eigenvalue weighted by molar-refractivity contribution is 7.89. The molecule has 0 radical (unpaired) electrons. The standard InChI is InChI=1S/C16H17NO3S2/c1-2-10-17-22(19,20)15-6-4-14(5-7-15)16(18)8-3-13-9-11-21-12-13/h3-9,11-12,17H,2,10H2,1H3. The summed E-state index contributed by atoms with van der Waals surface area (Å²) in [6.07, 6.45) is 3.95. The van der Waals surface area contributed by atoms with Crippen LogP contribution in [-0.2, 0) is 10.0 Å². The molecule has 0 fully saturated rings. The Balaban J connectivity index is 2.10. The monoisotopic (exact) mass is 335 g/mol. The van der Waals surface area contributed by atoms with Crippen molar-refractivity contribution in [3.63, 3.8) is 0 Å². The first-order valence-electron chi connectivity index (χ1n) is 6.87. The third-order valence-corrected chi connectivity index (χ3v) is 5.14. The Labute approximate surface area is 134 Å². The summed E-state index contributed by atoms with van der Waals surface area (Å²) in [6.45, 7) is 2.29. The maximum Gasteiger partial charge on any atom is 0.240 e. The van der Waals surface area contributed by atoms with Gasteiger partial charge in [0.2, 0.25) is 10.0 Å². The molecule has 0 saturated heterocycles. The Kier molecular flexibility index (Phi) is 5.65. The average molecular weight is 335 g/mol. The predicted molar refractivity (Wildman–Crippen MR) is 89.6 cm³/mol. The zero-order valence-electron chi connectivity index (χ0n) is 12.2. The summed E-state index contributed by atoms with van der Waals surface area (Å²) >= 11 is 1.56. The number of hydrogen-bond acceptors (Lipinski definition) is 4. The number of carbonyl (C=O) groups is 1. The number of thiophene rings is 1. The normalized spacial score (nSPS) is 11.9. The highest BCUT2D eigenvalue weighted by Crippen LogP contribution is 2.13. The molecule has 116 valence electrons. The van der Waals surface area contributed by atoms with Crippen LogP contribution in [0.15, 0.2) is 52.1 Å². The van der Waals surface area contributed by atoms with Crippen molar-refractivity contribution in [1.82, 2.24) is 4.72 Å². The van der Waals surface area contributed by atoms with Crippen LogP contribution in [0.4, 0.5) is 0 Å². The molecule has 1 aromatic heterocycles. The minimum absolute atomic E-state index is 0.156. The van der Waals surface area contributed by atoms with E-state index in [1.54, 1.807) is 17.4 Å². The van der Waals surface area contributed by atoms with Gasteiger partial charge in [-0.2, -0.15) is 11.3 Å². The molecule has 1 aromatic carbocycles. The molecule has 0 atom stereocenters. The first kappa shape index (κ1) is 16.6. The summed E-state index contributed by atoms with van der Waals surface area (Å²) in [5.74, 6) is -0.156. The third-order valence-electron chi connectivity index (χ3n) is 2.96. The maximum absolute atomic E-state index is 12.0. The van der Waals surface area contributed by atoms with Crippen LogP contribution >= 0.6 is 11.3 Å². The van der Waals surface area contributed by atoms with Crippen molar-refractivity contribution in [2.75, 3.05) is 6.54 Å². The van der Waals surface area contributed by atoms with Crippen molar-refractivity contribution in [2.24, 2.45) is 0 Å².